The van der Waals surface area contributed by atoms with Gasteiger partial charge in [-0.3, -0.25) is 4.79 Å². The van der Waals surface area contributed by atoms with E-state index in [1.54, 1.807) is 6.21 Å². The number of carbonyl (C=O) groups excluding carboxylic acids is 1. The number of amides is 1. The van der Waals surface area contributed by atoms with Gasteiger partial charge in [-0.05, 0) is 42.2 Å². The maximum absolute atomic E-state index is 11.8. The molecule has 1 heterocycles. The molecule has 5 nitrogen and oxygen atoms in total. The second-order valence-corrected chi connectivity index (χ2v) is 5.82. The van der Waals surface area contributed by atoms with Gasteiger partial charge in [-0.25, -0.2) is 5.43 Å². The molecule has 0 aliphatic heterocycles. The van der Waals surface area contributed by atoms with Gasteiger partial charge in [-0.15, -0.1) is 0 Å². The van der Waals surface area contributed by atoms with Crippen molar-refractivity contribution in [1.29, 1.82) is 0 Å². The number of ether oxygens (including phenoxy) is 1. The van der Waals surface area contributed by atoms with E-state index in [4.69, 9.17) is 4.74 Å². The number of carbonyl (C=O) groups is 1. The number of aryl methyl sites for hydroxylation is 2. The zero-order chi connectivity index (χ0) is 16.8. The Morgan fingerprint density at radius 3 is 2.83 bits per heavy atom. The average Bonchev–Trinajstić information content (AvgIpc) is 2.90. The van der Waals surface area contributed by atoms with E-state index in [2.05, 4.69) is 24.4 Å². The van der Waals surface area contributed by atoms with Gasteiger partial charge in [-0.2, -0.15) is 5.10 Å². The van der Waals surface area contributed by atoms with Crippen LogP contribution in [-0.2, 0) is 11.8 Å². The predicted octanol–water partition coefficient (Wildman–Crippen LogP) is 2.99. The standard InChI is InChI=1S/C18H23N3O2/c1-13(2)16-8-7-14(3)10-17(16)23-12-18(22)20-19-11-15-6-5-9-21(15)4/h5-11,13H,12H2,1-4H3,(H,20,22). The van der Waals surface area contributed by atoms with Crippen LogP contribution in [0.3, 0.4) is 0 Å². The van der Waals surface area contributed by atoms with Gasteiger partial charge in [0, 0.05) is 13.2 Å². The Hall–Kier alpha value is -2.56. The van der Waals surface area contributed by atoms with Crippen LogP contribution in [0.15, 0.2) is 41.6 Å². The van der Waals surface area contributed by atoms with Crippen molar-refractivity contribution in [2.45, 2.75) is 26.7 Å². The van der Waals surface area contributed by atoms with Crippen molar-refractivity contribution in [2.75, 3.05) is 6.61 Å². The molecule has 0 radical (unpaired) electrons. The quantitative estimate of drug-likeness (QED) is 0.658. The molecule has 122 valence electrons. The molecular formula is C18H23N3O2. The summed E-state index contributed by atoms with van der Waals surface area (Å²) in [5.41, 5.74) is 5.58. The van der Waals surface area contributed by atoms with Crippen molar-refractivity contribution in [2.24, 2.45) is 12.1 Å². The molecule has 1 aromatic carbocycles. The minimum Gasteiger partial charge on any atom is -0.483 e. The van der Waals surface area contributed by atoms with Gasteiger partial charge in [-0.1, -0.05) is 26.0 Å². The number of hydrazone groups is 1. The highest BCUT2D eigenvalue weighted by Crippen LogP contribution is 2.27. The first-order chi connectivity index (χ1) is 11.0. The molecule has 0 aliphatic rings. The predicted molar refractivity (Wildman–Crippen MR) is 91.9 cm³/mol. The van der Waals surface area contributed by atoms with Crippen LogP contribution in [0.1, 0.15) is 36.6 Å². The fraction of sp³-hybridized carbons (Fsp3) is 0.333. The van der Waals surface area contributed by atoms with E-state index in [0.29, 0.717) is 5.92 Å². The monoisotopic (exact) mass is 313 g/mol. The summed E-state index contributed by atoms with van der Waals surface area (Å²) in [5, 5.41) is 3.94. The molecule has 0 saturated heterocycles. The summed E-state index contributed by atoms with van der Waals surface area (Å²) >= 11 is 0. The van der Waals surface area contributed by atoms with Crippen LogP contribution in [0.4, 0.5) is 0 Å². The molecule has 23 heavy (non-hydrogen) atoms. The highest BCUT2D eigenvalue weighted by molar-refractivity contribution is 5.81. The molecule has 5 heteroatoms. The van der Waals surface area contributed by atoms with Crippen LogP contribution < -0.4 is 10.2 Å². The molecule has 1 N–H and O–H groups in total. The van der Waals surface area contributed by atoms with E-state index < -0.39 is 0 Å². The summed E-state index contributed by atoms with van der Waals surface area (Å²) in [5.74, 6) is 0.803. The molecule has 1 aromatic heterocycles. The van der Waals surface area contributed by atoms with Crippen LogP contribution in [0, 0.1) is 6.92 Å². The summed E-state index contributed by atoms with van der Waals surface area (Å²) in [4.78, 5) is 11.8. The van der Waals surface area contributed by atoms with Crippen LogP contribution in [-0.4, -0.2) is 23.3 Å². The zero-order valence-electron chi connectivity index (χ0n) is 14.0. The first kappa shape index (κ1) is 16.8. The molecule has 0 spiro atoms. The summed E-state index contributed by atoms with van der Waals surface area (Å²) in [6.45, 7) is 6.14. The third kappa shape index (κ3) is 4.71. The van der Waals surface area contributed by atoms with Gasteiger partial charge < -0.3 is 9.30 Å². The van der Waals surface area contributed by atoms with E-state index >= 15 is 0 Å². The van der Waals surface area contributed by atoms with Gasteiger partial charge >= 0.3 is 0 Å². The van der Waals surface area contributed by atoms with Crippen molar-refractivity contribution in [1.82, 2.24) is 9.99 Å². The molecule has 2 aromatic rings. The lowest BCUT2D eigenvalue weighted by molar-refractivity contribution is -0.123. The van der Waals surface area contributed by atoms with Crippen LogP contribution in [0.25, 0.3) is 0 Å². The molecule has 0 saturated carbocycles. The number of rotatable bonds is 6. The zero-order valence-corrected chi connectivity index (χ0v) is 14.0. The van der Waals surface area contributed by atoms with E-state index in [-0.39, 0.29) is 12.5 Å². The van der Waals surface area contributed by atoms with Crippen molar-refractivity contribution in [3.63, 3.8) is 0 Å². The third-order valence-electron chi connectivity index (χ3n) is 3.52. The number of hydrogen-bond donors (Lipinski definition) is 1. The molecule has 2 rings (SSSR count). The largest absolute Gasteiger partial charge is 0.483 e. The third-order valence-corrected chi connectivity index (χ3v) is 3.52. The summed E-state index contributed by atoms with van der Waals surface area (Å²) < 4.78 is 7.57. The van der Waals surface area contributed by atoms with Gasteiger partial charge in [0.2, 0.25) is 0 Å². The molecular weight excluding hydrogens is 290 g/mol. The maximum atomic E-state index is 11.8. The SMILES string of the molecule is Cc1ccc(C(C)C)c(OCC(=O)NN=Cc2cccn2C)c1. The minimum absolute atomic E-state index is 0.0619. The van der Waals surface area contributed by atoms with Crippen molar-refractivity contribution < 1.29 is 9.53 Å². The number of aromatic nitrogens is 1. The van der Waals surface area contributed by atoms with Crippen molar-refractivity contribution >= 4 is 12.1 Å². The summed E-state index contributed by atoms with van der Waals surface area (Å²) in [6.07, 6.45) is 3.52. The lowest BCUT2D eigenvalue weighted by Gasteiger charge is -2.14. The highest BCUT2D eigenvalue weighted by atomic mass is 16.5. The van der Waals surface area contributed by atoms with E-state index in [9.17, 15) is 4.79 Å². The van der Waals surface area contributed by atoms with E-state index in [0.717, 1.165) is 22.6 Å². The Balaban J connectivity index is 1.91. The molecule has 0 unspecified atom stereocenters. The summed E-state index contributed by atoms with van der Waals surface area (Å²) in [7, 11) is 1.91. The Morgan fingerprint density at radius 2 is 2.17 bits per heavy atom. The molecule has 0 bridgehead atoms. The van der Waals surface area contributed by atoms with Gasteiger partial charge in [0.1, 0.15) is 5.75 Å². The molecule has 0 atom stereocenters. The molecule has 0 aliphatic carbocycles. The normalized spacial score (nSPS) is 11.2. The van der Waals surface area contributed by atoms with Gasteiger partial charge in [0.25, 0.3) is 5.91 Å². The second-order valence-electron chi connectivity index (χ2n) is 5.82. The van der Waals surface area contributed by atoms with Crippen LogP contribution in [0.2, 0.25) is 0 Å². The lowest BCUT2D eigenvalue weighted by Crippen LogP contribution is -2.25. The lowest BCUT2D eigenvalue weighted by atomic mass is 10.0. The smallest absolute Gasteiger partial charge is 0.277 e. The minimum atomic E-state index is -0.285. The van der Waals surface area contributed by atoms with E-state index in [1.807, 2.05) is 55.1 Å². The Kier molecular flexibility index (Phi) is 5.57. The molecule has 0 fully saturated rings. The Morgan fingerprint density at radius 1 is 1.39 bits per heavy atom. The number of benzene rings is 1. The number of nitrogens with zero attached hydrogens (tertiary/aromatic N) is 2. The Labute approximate surface area is 137 Å². The second kappa shape index (κ2) is 7.63. The number of hydrogen-bond acceptors (Lipinski definition) is 3. The number of nitrogens with one attached hydrogen (secondary N) is 1. The average molecular weight is 313 g/mol. The van der Waals surface area contributed by atoms with Crippen LogP contribution in [0.5, 0.6) is 5.75 Å². The van der Waals surface area contributed by atoms with Crippen molar-refractivity contribution in [3.8, 4) is 5.75 Å². The highest BCUT2D eigenvalue weighted by Gasteiger charge is 2.10. The first-order valence-electron chi connectivity index (χ1n) is 7.64. The van der Waals surface area contributed by atoms with E-state index in [1.165, 1.54) is 0 Å². The molecule has 1 amide bonds. The van der Waals surface area contributed by atoms with Gasteiger partial charge in [0.15, 0.2) is 6.61 Å². The fourth-order valence-electron chi connectivity index (χ4n) is 2.20. The topological polar surface area (TPSA) is 55.6 Å². The fourth-order valence-corrected chi connectivity index (χ4v) is 2.20. The van der Waals surface area contributed by atoms with Gasteiger partial charge in [0.05, 0.1) is 11.9 Å². The van der Waals surface area contributed by atoms with Crippen molar-refractivity contribution in [3.05, 3.63) is 53.3 Å². The maximum Gasteiger partial charge on any atom is 0.277 e. The first-order valence-corrected chi connectivity index (χ1v) is 7.64. The Bertz CT molecular complexity index is 702. The van der Waals surface area contributed by atoms with Crippen LogP contribution >= 0.6 is 0 Å². The summed E-state index contributed by atoms with van der Waals surface area (Å²) in [6, 6.07) is 9.87.